The van der Waals surface area contributed by atoms with Crippen molar-refractivity contribution in [1.29, 1.82) is 0 Å². The number of hydrogen-bond acceptors (Lipinski definition) is 3. The molecule has 1 aromatic heterocycles. The second-order valence-electron chi connectivity index (χ2n) is 6.50. The molecule has 4 heteroatoms. The van der Waals surface area contributed by atoms with Crippen molar-refractivity contribution in [3.63, 3.8) is 0 Å². The lowest BCUT2D eigenvalue weighted by Gasteiger charge is -2.29. The maximum atomic E-state index is 14.3. The van der Waals surface area contributed by atoms with Crippen molar-refractivity contribution < 1.29 is 4.39 Å². The van der Waals surface area contributed by atoms with Crippen LogP contribution in [-0.2, 0) is 6.42 Å². The zero-order valence-corrected chi connectivity index (χ0v) is 13.0. The largest absolute Gasteiger partial charge is 0.276 e. The maximum absolute atomic E-state index is 14.3. The second kappa shape index (κ2) is 4.95. The van der Waals surface area contributed by atoms with Crippen LogP contribution in [0.1, 0.15) is 30.7 Å². The Morgan fingerprint density at radius 1 is 1.00 bits per heavy atom. The zero-order chi connectivity index (χ0) is 16.0. The molecule has 0 unspecified atom stereocenters. The number of hydrogen-bond donors (Lipinski definition) is 0. The summed E-state index contributed by atoms with van der Waals surface area (Å²) in [6, 6.07) is 14.9. The van der Waals surface area contributed by atoms with Crippen molar-refractivity contribution in [3.8, 4) is 0 Å². The third kappa shape index (κ3) is 2.40. The monoisotopic (exact) mass is 305 g/mol. The highest BCUT2D eigenvalue weighted by Gasteiger charge is 2.30. The number of aliphatic imine (C=N–C) groups is 1. The normalized spacial score (nSPS) is 16.0. The molecule has 0 saturated carbocycles. The molecule has 0 saturated heterocycles. The molecule has 3 nitrogen and oxygen atoms in total. The number of halogens is 1. The molecule has 0 spiro atoms. The molecule has 0 atom stereocenters. The second-order valence-corrected chi connectivity index (χ2v) is 6.50. The van der Waals surface area contributed by atoms with E-state index in [1.807, 2.05) is 50.2 Å². The summed E-state index contributed by atoms with van der Waals surface area (Å²) < 4.78 is 14.3. The van der Waals surface area contributed by atoms with Crippen LogP contribution < -0.4 is 0 Å². The number of rotatable bonds is 1. The Hall–Kier alpha value is -2.62. The van der Waals surface area contributed by atoms with Gasteiger partial charge in [-0.2, -0.15) is 0 Å². The van der Waals surface area contributed by atoms with Gasteiger partial charge in [-0.05, 0) is 37.6 Å². The van der Waals surface area contributed by atoms with Gasteiger partial charge < -0.3 is 0 Å². The van der Waals surface area contributed by atoms with E-state index < -0.39 is 0 Å². The minimum atomic E-state index is -0.363. The van der Waals surface area contributed by atoms with Crippen molar-refractivity contribution in [1.82, 2.24) is 10.2 Å². The van der Waals surface area contributed by atoms with Gasteiger partial charge in [-0.25, -0.2) is 4.39 Å². The Balaban J connectivity index is 1.95. The summed E-state index contributed by atoms with van der Waals surface area (Å²) in [6.45, 7) is 4.02. The summed E-state index contributed by atoms with van der Waals surface area (Å²) in [7, 11) is 0. The lowest BCUT2D eigenvalue weighted by atomic mass is 9.85. The van der Waals surface area contributed by atoms with Crippen LogP contribution in [0, 0.1) is 5.82 Å². The first-order valence-electron chi connectivity index (χ1n) is 7.64. The van der Waals surface area contributed by atoms with E-state index in [1.165, 1.54) is 6.07 Å². The van der Waals surface area contributed by atoms with Crippen LogP contribution in [0.2, 0.25) is 0 Å². The Morgan fingerprint density at radius 3 is 2.70 bits per heavy atom. The van der Waals surface area contributed by atoms with E-state index in [-0.39, 0.29) is 11.4 Å². The van der Waals surface area contributed by atoms with Gasteiger partial charge in [0.2, 0.25) is 0 Å². The van der Waals surface area contributed by atoms with Crippen molar-refractivity contribution in [2.24, 2.45) is 4.99 Å². The van der Waals surface area contributed by atoms with Gasteiger partial charge in [0.1, 0.15) is 11.5 Å². The summed E-state index contributed by atoms with van der Waals surface area (Å²) in [6.07, 6.45) is 0.583. The van der Waals surface area contributed by atoms with Crippen molar-refractivity contribution in [2.75, 3.05) is 0 Å². The lowest BCUT2D eigenvalue weighted by molar-refractivity contribution is 0.492. The molecule has 114 valence electrons. The maximum Gasteiger partial charge on any atom is 0.127 e. The standard InChI is InChI=1S/C19H16FN3/c1-19(2)11-14-13(7-5-8-15(14)20)18(21-19)17-10-12-6-3-4-9-16(12)22-23-17/h3-10H,11H2,1-2H3. The fourth-order valence-electron chi connectivity index (χ4n) is 3.09. The number of fused-ring (bicyclic) bond motifs is 2. The van der Waals surface area contributed by atoms with Crippen LogP contribution >= 0.6 is 0 Å². The zero-order valence-electron chi connectivity index (χ0n) is 13.0. The fourth-order valence-corrected chi connectivity index (χ4v) is 3.09. The predicted molar refractivity (Wildman–Crippen MR) is 89.4 cm³/mol. The highest BCUT2D eigenvalue weighted by Crippen LogP contribution is 2.30. The Bertz CT molecular complexity index is 944. The molecule has 3 aromatic rings. The van der Waals surface area contributed by atoms with E-state index >= 15 is 0 Å². The molecule has 23 heavy (non-hydrogen) atoms. The van der Waals surface area contributed by atoms with Crippen LogP contribution in [0.5, 0.6) is 0 Å². The Kier molecular flexibility index (Phi) is 3.01. The first kappa shape index (κ1) is 14.0. The third-order valence-electron chi connectivity index (χ3n) is 4.13. The SMILES string of the molecule is CC1(C)Cc2c(F)cccc2C(c2cc3ccccc3nn2)=N1. The quantitative estimate of drug-likeness (QED) is 0.683. The summed E-state index contributed by atoms with van der Waals surface area (Å²) >= 11 is 0. The summed E-state index contributed by atoms with van der Waals surface area (Å²) in [5.41, 5.74) is 3.40. The minimum Gasteiger partial charge on any atom is -0.276 e. The van der Waals surface area contributed by atoms with E-state index in [0.29, 0.717) is 23.4 Å². The Labute approximate surface area is 133 Å². The molecular formula is C19H16FN3. The van der Waals surface area contributed by atoms with Crippen molar-refractivity contribution >= 4 is 16.6 Å². The van der Waals surface area contributed by atoms with Crippen LogP contribution in [0.15, 0.2) is 53.5 Å². The highest BCUT2D eigenvalue weighted by atomic mass is 19.1. The van der Waals surface area contributed by atoms with Crippen LogP contribution in [0.25, 0.3) is 10.9 Å². The first-order valence-corrected chi connectivity index (χ1v) is 7.64. The molecule has 4 rings (SSSR count). The van der Waals surface area contributed by atoms with Gasteiger partial charge in [-0.1, -0.05) is 30.3 Å². The molecular weight excluding hydrogens is 289 g/mol. The molecule has 0 radical (unpaired) electrons. The number of aromatic nitrogens is 2. The average molecular weight is 305 g/mol. The molecule has 1 aliphatic heterocycles. The summed E-state index contributed by atoms with van der Waals surface area (Å²) in [5, 5.41) is 9.60. The van der Waals surface area contributed by atoms with Gasteiger partial charge in [0.05, 0.1) is 16.8 Å². The van der Waals surface area contributed by atoms with E-state index in [0.717, 1.165) is 16.5 Å². The first-order chi connectivity index (χ1) is 11.0. The fraction of sp³-hybridized carbons (Fsp3) is 0.211. The van der Waals surface area contributed by atoms with Gasteiger partial charge in [0.25, 0.3) is 0 Å². The van der Waals surface area contributed by atoms with Gasteiger partial charge in [0, 0.05) is 17.4 Å². The molecule has 0 bridgehead atoms. The van der Waals surface area contributed by atoms with Crippen LogP contribution in [-0.4, -0.2) is 21.4 Å². The lowest BCUT2D eigenvalue weighted by Crippen LogP contribution is -2.30. The molecule has 2 aromatic carbocycles. The van der Waals surface area contributed by atoms with E-state index in [9.17, 15) is 4.39 Å². The third-order valence-corrected chi connectivity index (χ3v) is 4.13. The summed E-state index contributed by atoms with van der Waals surface area (Å²) in [5.74, 6) is -0.184. The molecule has 0 amide bonds. The predicted octanol–water partition coefficient (Wildman–Crippen LogP) is 3.94. The van der Waals surface area contributed by atoms with Gasteiger partial charge in [-0.3, -0.25) is 4.99 Å². The van der Waals surface area contributed by atoms with Gasteiger partial charge in [-0.15, -0.1) is 10.2 Å². The summed E-state index contributed by atoms with van der Waals surface area (Å²) in [4.78, 5) is 4.82. The smallest absolute Gasteiger partial charge is 0.127 e. The average Bonchev–Trinajstić information content (AvgIpc) is 2.54. The molecule has 0 aliphatic carbocycles. The van der Waals surface area contributed by atoms with Gasteiger partial charge in [0.15, 0.2) is 0 Å². The van der Waals surface area contributed by atoms with Gasteiger partial charge >= 0.3 is 0 Å². The Morgan fingerprint density at radius 2 is 1.83 bits per heavy atom. The van der Waals surface area contributed by atoms with Crippen molar-refractivity contribution in [3.05, 3.63) is 71.2 Å². The molecule has 0 N–H and O–H groups in total. The minimum absolute atomic E-state index is 0.184. The molecule has 2 heterocycles. The van der Waals surface area contributed by atoms with E-state index in [1.54, 1.807) is 6.07 Å². The highest BCUT2D eigenvalue weighted by molar-refractivity contribution is 6.14. The molecule has 1 aliphatic rings. The number of nitrogens with zero attached hydrogens (tertiary/aromatic N) is 3. The van der Waals surface area contributed by atoms with Crippen LogP contribution in [0.3, 0.4) is 0 Å². The van der Waals surface area contributed by atoms with Crippen molar-refractivity contribution in [2.45, 2.75) is 25.8 Å². The number of benzene rings is 2. The van der Waals surface area contributed by atoms with Crippen LogP contribution in [0.4, 0.5) is 4.39 Å². The molecule has 0 fully saturated rings. The van der Waals surface area contributed by atoms with E-state index in [2.05, 4.69) is 10.2 Å². The van der Waals surface area contributed by atoms with E-state index in [4.69, 9.17) is 4.99 Å². The topological polar surface area (TPSA) is 38.1 Å².